The van der Waals surface area contributed by atoms with Gasteiger partial charge in [-0.3, -0.25) is 0 Å². The molecule has 16 heavy (non-hydrogen) atoms. The van der Waals surface area contributed by atoms with Gasteiger partial charge in [-0.15, -0.1) is 0 Å². The van der Waals surface area contributed by atoms with E-state index >= 15 is 0 Å². The van der Waals surface area contributed by atoms with E-state index in [-0.39, 0.29) is 12.4 Å². The molecule has 0 unspecified atom stereocenters. The van der Waals surface area contributed by atoms with Crippen molar-refractivity contribution in [3.63, 3.8) is 0 Å². The molecule has 0 aliphatic heterocycles. The number of carbonyl (C=O) groups is 1. The number of carboxylic acids is 1. The average molecular weight is 228 g/mol. The Morgan fingerprint density at radius 1 is 1.56 bits per heavy atom. The predicted molar refractivity (Wildman–Crippen MR) is 54.1 cm³/mol. The highest BCUT2D eigenvalue weighted by atomic mass is 19.3. The number of rotatable bonds is 5. The van der Waals surface area contributed by atoms with E-state index in [4.69, 9.17) is 9.84 Å². The Kier molecular flexibility index (Phi) is 3.99. The first-order chi connectivity index (χ1) is 7.56. The van der Waals surface area contributed by atoms with E-state index in [0.29, 0.717) is 0 Å². The predicted octanol–water partition coefficient (Wildman–Crippen LogP) is 2.89. The van der Waals surface area contributed by atoms with Crippen LogP contribution in [0.3, 0.4) is 0 Å². The highest BCUT2D eigenvalue weighted by Gasteiger charge is 2.18. The molecule has 1 N–H and O–H groups in total. The third kappa shape index (κ3) is 2.79. The molecule has 0 saturated heterocycles. The van der Waals surface area contributed by atoms with E-state index in [1.54, 1.807) is 0 Å². The molecule has 0 radical (unpaired) electrons. The molecule has 1 aromatic rings. The van der Waals surface area contributed by atoms with Crippen LogP contribution in [0.5, 0.6) is 5.75 Å². The van der Waals surface area contributed by atoms with Crippen LogP contribution in [0.25, 0.3) is 0 Å². The topological polar surface area (TPSA) is 46.5 Å². The van der Waals surface area contributed by atoms with Crippen molar-refractivity contribution >= 4 is 5.97 Å². The van der Waals surface area contributed by atoms with Crippen molar-refractivity contribution in [3.05, 3.63) is 42.0 Å². The summed E-state index contributed by atoms with van der Waals surface area (Å²) in [5.41, 5.74) is -0.963. The Morgan fingerprint density at radius 2 is 2.25 bits per heavy atom. The zero-order valence-corrected chi connectivity index (χ0v) is 8.32. The minimum Gasteiger partial charge on any atom is -0.490 e. The molecule has 0 aromatic heterocycles. The van der Waals surface area contributed by atoms with Gasteiger partial charge in [0.05, 0.1) is 5.56 Å². The van der Waals surface area contributed by atoms with Crippen LogP contribution in [0.1, 0.15) is 22.3 Å². The molecule has 1 rings (SSSR count). The Morgan fingerprint density at radius 3 is 2.75 bits per heavy atom. The fourth-order valence-electron chi connectivity index (χ4n) is 1.16. The number of halogens is 2. The molecule has 0 spiro atoms. The zero-order chi connectivity index (χ0) is 12.1. The van der Waals surface area contributed by atoms with Crippen LogP contribution < -0.4 is 4.74 Å². The highest BCUT2D eigenvalue weighted by Crippen LogP contribution is 2.27. The van der Waals surface area contributed by atoms with Gasteiger partial charge in [0.1, 0.15) is 12.4 Å². The first-order valence-corrected chi connectivity index (χ1v) is 4.45. The second-order valence-corrected chi connectivity index (χ2v) is 2.95. The van der Waals surface area contributed by atoms with Crippen molar-refractivity contribution in [3.8, 4) is 5.75 Å². The number of ether oxygens (including phenoxy) is 1. The lowest BCUT2D eigenvalue weighted by atomic mass is 10.1. The summed E-state index contributed by atoms with van der Waals surface area (Å²) in [6.45, 7) is 3.59. The van der Waals surface area contributed by atoms with Crippen LogP contribution in [0, 0.1) is 0 Å². The first kappa shape index (κ1) is 12.2. The van der Waals surface area contributed by atoms with Crippen LogP contribution in [0.15, 0.2) is 30.9 Å². The molecule has 0 bridgehead atoms. The summed E-state index contributed by atoms with van der Waals surface area (Å²) < 4.78 is 30.1. The summed E-state index contributed by atoms with van der Waals surface area (Å²) in [5, 5.41) is 8.69. The van der Waals surface area contributed by atoms with Gasteiger partial charge in [-0.05, 0) is 18.2 Å². The van der Waals surface area contributed by atoms with Crippen molar-refractivity contribution in [2.24, 2.45) is 0 Å². The molecule has 0 fully saturated rings. The SMILES string of the molecule is C=CCOc1ccc(C(=O)O)c(C(F)F)c1. The van der Waals surface area contributed by atoms with E-state index in [0.717, 1.165) is 12.1 Å². The Balaban J connectivity index is 3.07. The third-order valence-corrected chi connectivity index (χ3v) is 1.86. The molecule has 0 amide bonds. The van der Waals surface area contributed by atoms with Crippen LogP contribution in [-0.4, -0.2) is 17.7 Å². The van der Waals surface area contributed by atoms with Gasteiger partial charge >= 0.3 is 5.97 Å². The lowest BCUT2D eigenvalue weighted by Gasteiger charge is -2.08. The molecule has 86 valence electrons. The number of hydrogen-bond acceptors (Lipinski definition) is 2. The summed E-state index contributed by atoms with van der Waals surface area (Å²) in [5.74, 6) is -1.19. The molecule has 0 aliphatic rings. The standard InChI is InChI=1S/C11H10F2O3/c1-2-5-16-7-3-4-8(11(14)15)9(6-7)10(12)13/h2-4,6,10H,1,5H2,(H,14,15). The lowest BCUT2D eigenvalue weighted by Crippen LogP contribution is -2.04. The van der Waals surface area contributed by atoms with Gasteiger partial charge < -0.3 is 9.84 Å². The summed E-state index contributed by atoms with van der Waals surface area (Å²) >= 11 is 0. The quantitative estimate of drug-likeness (QED) is 0.788. The maximum atomic E-state index is 12.6. The number of carboxylic acid groups (broad SMARTS) is 1. The summed E-state index contributed by atoms with van der Waals surface area (Å²) in [4.78, 5) is 10.7. The molecular weight excluding hydrogens is 218 g/mol. The summed E-state index contributed by atoms with van der Waals surface area (Å²) in [6, 6.07) is 3.46. The van der Waals surface area contributed by atoms with Gasteiger partial charge in [0.2, 0.25) is 0 Å². The monoisotopic (exact) mass is 228 g/mol. The maximum Gasteiger partial charge on any atom is 0.336 e. The van der Waals surface area contributed by atoms with E-state index in [1.165, 1.54) is 12.1 Å². The van der Waals surface area contributed by atoms with Crippen LogP contribution >= 0.6 is 0 Å². The van der Waals surface area contributed by atoms with Crippen molar-refractivity contribution in [2.75, 3.05) is 6.61 Å². The number of aromatic carboxylic acids is 1. The number of benzene rings is 1. The van der Waals surface area contributed by atoms with Gasteiger partial charge in [-0.25, -0.2) is 13.6 Å². The molecular formula is C11H10F2O3. The second kappa shape index (κ2) is 5.25. The third-order valence-electron chi connectivity index (χ3n) is 1.86. The van der Waals surface area contributed by atoms with Crippen LogP contribution in [-0.2, 0) is 0 Å². The minimum atomic E-state index is -2.85. The van der Waals surface area contributed by atoms with Crippen molar-refractivity contribution in [1.82, 2.24) is 0 Å². The van der Waals surface area contributed by atoms with E-state index < -0.39 is 23.5 Å². The summed E-state index contributed by atoms with van der Waals surface area (Å²) in [7, 11) is 0. The van der Waals surface area contributed by atoms with Crippen LogP contribution in [0.4, 0.5) is 8.78 Å². The van der Waals surface area contributed by atoms with Gasteiger partial charge in [0, 0.05) is 5.56 Å². The summed E-state index contributed by atoms with van der Waals surface area (Å²) in [6.07, 6.45) is -1.38. The van der Waals surface area contributed by atoms with Gasteiger partial charge in [-0.2, -0.15) is 0 Å². The van der Waals surface area contributed by atoms with Crippen molar-refractivity contribution in [1.29, 1.82) is 0 Å². The molecule has 0 aliphatic carbocycles. The highest BCUT2D eigenvalue weighted by molar-refractivity contribution is 5.89. The van der Waals surface area contributed by atoms with E-state index in [9.17, 15) is 13.6 Å². The fourth-order valence-corrected chi connectivity index (χ4v) is 1.16. The largest absolute Gasteiger partial charge is 0.490 e. The molecule has 1 aromatic carbocycles. The average Bonchev–Trinajstić information content (AvgIpc) is 2.25. The van der Waals surface area contributed by atoms with Gasteiger partial charge in [-0.1, -0.05) is 12.7 Å². The van der Waals surface area contributed by atoms with Crippen LogP contribution in [0.2, 0.25) is 0 Å². The lowest BCUT2D eigenvalue weighted by molar-refractivity contribution is 0.0684. The maximum absolute atomic E-state index is 12.6. The normalized spacial score (nSPS) is 10.2. The second-order valence-electron chi connectivity index (χ2n) is 2.95. The molecule has 3 nitrogen and oxygen atoms in total. The first-order valence-electron chi connectivity index (χ1n) is 4.45. The fraction of sp³-hybridized carbons (Fsp3) is 0.182. The Labute approximate surface area is 91.0 Å². The minimum absolute atomic E-state index is 0.176. The van der Waals surface area contributed by atoms with Crippen molar-refractivity contribution in [2.45, 2.75) is 6.43 Å². The van der Waals surface area contributed by atoms with Crippen molar-refractivity contribution < 1.29 is 23.4 Å². The Bertz CT molecular complexity index is 402. The molecule has 0 saturated carbocycles. The Hall–Kier alpha value is -1.91. The van der Waals surface area contributed by atoms with E-state index in [2.05, 4.69) is 6.58 Å². The van der Waals surface area contributed by atoms with Gasteiger partial charge in [0.15, 0.2) is 0 Å². The number of hydrogen-bond donors (Lipinski definition) is 1. The molecule has 0 heterocycles. The molecule has 5 heteroatoms. The molecule has 0 atom stereocenters. The zero-order valence-electron chi connectivity index (χ0n) is 8.32. The number of alkyl halides is 2. The van der Waals surface area contributed by atoms with E-state index in [1.807, 2.05) is 0 Å². The smallest absolute Gasteiger partial charge is 0.336 e. The van der Waals surface area contributed by atoms with Gasteiger partial charge in [0.25, 0.3) is 6.43 Å².